The number of nitrogens with zero attached hydrogens (tertiary/aromatic N) is 2. The van der Waals surface area contributed by atoms with Gasteiger partial charge in [0.25, 0.3) is 5.69 Å². The fraction of sp³-hybridized carbons (Fsp3) is 0.400. The number of hydrogen-bond donors (Lipinski definition) is 0. The SMILES string of the molecule is O=[N+]([O-])c1ccc(Cl)c(SN2CCSCC2)c1. The molecule has 17 heavy (non-hydrogen) atoms. The Bertz CT molecular complexity index is 425. The number of halogens is 1. The first-order chi connectivity index (χ1) is 8.16. The highest BCUT2D eigenvalue weighted by Crippen LogP contribution is 2.33. The minimum absolute atomic E-state index is 0.0864. The molecule has 0 aliphatic carbocycles. The Labute approximate surface area is 113 Å². The van der Waals surface area contributed by atoms with Gasteiger partial charge in [0.15, 0.2) is 0 Å². The van der Waals surface area contributed by atoms with Crippen molar-refractivity contribution in [2.24, 2.45) is 0 Å². The van der Waals surface area contributed by atoms with Crippen LogP contribution in [0.5, 0.6) is 0 Å². The number of non-ortho nitro benzene ring substituents is 1. The van der Waals surface area contributed by atoms with Gasteiger partial charge in [-0.2, -0.15) is 11.8 Å². The molecule has 2 rings (SSSR count). The summed E-state index contributed by atoms with van der Waals surface area (Å²) < 4.78 is 2.20. The van der Waals surface area contributed by atoms with E-state index in [2.05, 4.69) is 4.31 Å². The summed E-state index contributed by atoms with van der Waals surface area (Å²) in [6, 6.07) is 4.55. The lowest BCUT2D eigenvalue weighted by molar-refractivity contribution is -0.385. The molecule has 0 spiro atoms. The summed E-state index contributed by atoms with van der Waals surface area (Å²) in [7, 11) is 0. The molecule has 7 heteroatoms. The summed E-state index contributed by atoms with van der Waals surface area (Å²) in [4.78, 5) is 11.1. The van der Waals surface area contributed by atoms with Crippen LogP contribution in [-0.4, -0.2) is 33.8 Å². The lowest BCUT2D eigenvalue weighted by Crippen LogP contribution is -2.26. The third-order valence-electron chi connectivity index (χ3n) is 2.32. The highest BCUT2D eigenvalue weighted by atomic mass is 35.5. The first-order valence-electron chi connectivity index (χ1n) is 5.11. The predicted molar refractivity (Wildman–Crippen MR) is 72.9 cm³/mol. The average Bonchev–Trinajstić information content (AvgIpc) is 2.33. The van der Waals surface area contributed by atoms with E-state index in [9.17, 15) is 10.1 Å². The Kier molecular flexibility index (Phi) is 4.55. The third kappa shape index (κ3) is 3.51. The van der Waals surface area contributed by atoms with Gasteiger partial charge in [-0.05, 0) is 18.0 Å². The minimum Gasteiger partial charge on any atom is -0.258 e. The van der Waals surface area contributed by atoms with Crippen molar-refractivity contribution in [3.05, 3.63) is 33.3 Å². The molecule has 1 fully saturated rings. The largest absolute Gasteiger partial charge is 0.270 e. The quantitative estimate of drug-likeness (QED) is 0.485. The standard InChI is InChI=1S/C10H11ClN2O2S2/c11-9-2-1-8(13(14)15)7-10(9)17-12-3-5-16-6-4-12/h1-2,7H,3-6H2. The zero-order valence-electron chi connectivity index (χ0n) is 8.97. The molecule has 0 radical (unpaired) electrons. The first-order valence-corrected chi connectivity index (χ1v) is 7.42. The molecule has 1 aromatic carbocycles. The van der Waals surface area contributed by atoms with Gasteiger partial charge in [-0.1, -0.05) is 11.6 Å². The van der Waals surface area contributed by atoms with E-state index in [1.165, 1.54) is 24.1 Å². The molecule has 0 amide bonds. The summed E-state index contributed by atoms with van der Waals surface area (Å²) >= 11 is 9.48. The zero-order valence-corrected chi connectivity index (χ0v) is 11.4. The van der Waals surface area contributed by atoms with E-state index in [1.807, 2.05) is 11.8 Å². The monoisotopic (exact) mass is 290 g/mol. The molecule has 1 aliphatic heterocycles. The van der Waals surface area contributed by atoms with Crippen molar-refractivity contribution in [2.45, 2.75) is 4.90 Å². The molecule has 0 aromatic heterocycles. The molecule has 1 aromatic rings. The molecule has 0 atom stereocenters. The molecular weight excluding hydrogens is 280 g/mol. The summed E-state index contributed by atoms with van der Waals surface area (Å²) in [5.74, 6) is 2.19. The van der Waals surface area contributed by atoms with Crippen molar-refractivity contribution >= 4 is 41.0 Å². The molecule has 0 saturated carbocycles. The van der Waals surface area contributed by atoms with Gasteiger partial charge in [0, 0.05) is 41.6 Å². The van der Waals surface area contributed by atoms with Crippen LogP contribution < -0.4 is 0 Å². The molecule has 0 bridgehead atoms. The second-order valence-corrected chi connectivity index (χ2v) is 6.28. The maximum Gasteiger partial charge on any atom is 0.270 e. The Balaban J connectivity index is 2.13. The Morgan fingerprint density at radius 3 is 2.76 bits per heavy atom. The smallest absolute Gasteiger partial charge is 0.258 e. The van der Waals surface area contributed by atoms with Gasteiger partial charge in [0.2, 0.25) is 0 Å². The molecule has 0 N–H and O–H groups in total. The van der Waals surface area contributed by atoms with Crippen LogP contribution in [0.1, 0.15) is 0 Å². The number of thioether (sulfide) groups is 1. The maximum absolute atomic E-state index is 10.7. The third-order valence-corrected chi connectivity index (χ3v) is 4.87. The molecule has 1 heterocycles. The Hall–Kier alpha value is -0.430. The highest BCUT2D eigenvalue weighted by molar-refractivity contribution is 8.00. The van der Waals surface area contributed by atoms with E-state index < -0.39 is 4.92 Å². The Morgan fingerprint density at radius 1 is 1.41 bits per heavy atom. The number of hydrogen-bond acceptors (Lipinski definition) is 5. The second-order valence-electron chi connectivity index (χ2n) is 3.50. The van der Waals surface area contributed by atoms with Gasteiger partial charge in [-0.25, -0.2) is 4.31 Å². The van der Waals surface area contributed by atoms with Gasteiger partial charge in [-0.15, -0.1) is 0 Å². The molecule has 1 aliphatic rings. The van der Waals surface area contributed by atoms with Gasteiger partial charge in [-0.3, -0.25) is 10.1 Å². The van der Waals surface area contributed by atoms with Crippen LogP contribution >= 0.6 is 35.3 Å². The van der Waals surface area contributed by atoms with Crippen LogP contribution in [0.25, 0.3) is 0 Å². The van der Waals surface area contributed by atoms with Crippen molar-refractivity contribution in [3.63, 3.8) is 0 Å². The van der Waals surface area contributed by atoms with Crippen LogP contribution in [-0.2, 0) is 0 Å². The van der Waals surface area contributed by atoms with Gasteiger partial charge in [0.1, 0.15) is 0 Å². The second kappa shape index (κ2) is 5.95. The summed E-state index contributed by atoms with van der Waals surface area (Å²) in [5, 5.41) is 11.3. The summed E-state index contributed by atoms with van der Waals surface area (Å²) in [5.41, 5.74) is 0.0864. The van der Waals surface area contributed by atoms with Gasteiger partial charge < -0.3 is 0 Å². The molecule has 92 valence electrons. The fourth-order valence-corrected chi connectivity index (χ4v) is 3.78. The molecule has 0 unspecified atom stereocenters. The van der Waals surface area contributed by atoms with E-state index in [4.69, 9.17) is 11.6 Å². The van der Waals surface area contributed by atoms with Crippen molar-refractivity contribution < 1.29 is 4.92 Å². The van der Waals surface area contributed by atoms with Crippen LogP contribution in [0.4, 0.5) is 5.69 Å². The van der Waals surface area contributed by atoms with E-state index in [0.717, 1.165) is 29.5 Å². The molecule has 1 saturated heterocycles. The van der Waals surface area contributed by atoms with Gasteiger partial charge in [0.05, 0.1) is 9.95 Å². The normalized spacial score (nSPS) is 17.0. The van der Waals surface area contributed by atoms with E-state index in [0.29, 0.717) is 5.02 Å². The average molecular weight is 291 g/mol. The first kappa shape index (κ1) is 13.0. The Morgan fingerprint density at radius 2 is 2.12 bits per heavy atom. The zero-order chi connectivity index (χ0) is 12.3. The van der Waals surface area contributed by atoms with E-state index in [-0.39, 0.29) is 5.69 Å². The minimum atomic E-state index is -0.396. The van der Waals surface area contributed by atoms with Crippen molar-refractivity contribution in [2.75, 3.05) is 24.6 Å². The maximum atomic E-state index is 10.7. The van der Waals surface area contributed by atoms with Crippen molar-refractivity contribution in [3.8, 4) is 0 Å². The van der Waals surface area contributed by atoms with Crippen LogP contribution in [0.15, 0.2) is 23.1 Å². The van der Waals surface area contributed by atoms with Crippen LogP contribution in [0, 0.1) is 10.1 Å². The van der Waals surface area contributed by atoms with Crippen LogP contribution in [0.3, 0.4) is 0 Å². The van der Waals surface area contributed by atoms with Crippen molar-refractivity contribution in [1.29, 1.82) is 0 Å². The number of nitro benzene ring substituents is 1. The number of rotatable bonds is 3. The van der Waals surface area contributed by atoms with E-state index >= 15 is 0 Å². The lowest BCUT2D eigenvalue weighted by Gasteiger charge is -2.24. The molecule has 4 nitrogen and oxygen atoms in total. The van der Waals surface area contributed by atoms with Crippen molar-refractivity contribution in [1.82, 2.24) is 4.31 Å². The number of benzene rings is 1. The summed E-state index contributed by atoms with van der Waals surface area (Å²) in [6.07, 6.45) is 0. The van der Waals surface area contributed by atoms with E-state index in [1.54, 1.807) is 6.07 Å². The summed E-state index contributed by atoms with van der Waals surface area (Å²) in [6.45, 7) is 1.96. The molecular formula is C10H11ClN2O2S2. The predicted octanol–water partition coefficient (Wildman–Crippen LogP) is 3.30. The highest BCUT2D eigenvalue weighted by Gasteiger charge is 2.16. The van der Waals surface area contributed by atoms with Crippen LogP contribution in [0.2, 0.25) is 5.02 Å². The van der Waals surface area contributed by atoms with Gasteiger partial charge >= 0.3 is 0 Å². The number of nitro groups is 1. The topological polar surface area (TPSA) is 46.4 Å². The lowest BCUT2D eigenvalue weighted by atomic mass is 10.3. The fourth-order valence-electron chi connectivity index (χ4n) is 1.45.